The van der Waals surface area contributed by atoms with E-state index in [2.05, 4.69) is 25.9 Å². The summed E-state index contributed by atoms with van der Waals surface area (Å²) in [5.74, 6) is 2.08. The van der Waals surface area contributed by atoms with E-state index in [9.17, 15) is 23.1 Å². The molecule has 202 valence electrons. The number of carbonyl (C=O) groups is 1. The highest BCUT2D eigenvalue weighted by Gasteiger charge is 2.31. The smallest absolute Gasteiger partial charge is 0.406 e. The van der Waals surface area contributed by atoms with Crippen LogP contribution in [0.25, 0.3) is 11.1 Å². The van der Waals surface area contributed by atoms with Crippen molar-refractivity contribution in [3.8, 4) is 29.2 Å². The molecular formula is C27H35F3N4O3. The van der Waals surface area contributed by atoms with Crippen molar-refractivity contribution in [2.24, 2.45) is 0 Å². The second kappa shape index (κ2) is 15.1. The molecule has 37 heavy (non-hydrogen) atoms. The average molecular weight is 521 g/mol. The van der Waals surface area contributed by atoms with Crippen molar-refractivity contribution < 1.29 is 29.2 Å². The molecule has 2 aromatic heterocycles. The summed E-state index contributed by atoms with van der Waals surface area (Å²) < 4.78 is 40.7. The van der Waals surface area contributed by atoms with Crippen molar-refractivity contribution in [3.63, 3.8) is 0 Å². The largest absolute Gasteiger partial charge is 0.573 e. The third kappa shape index (κ3) is 9.46. The van der Waals surface area contributed by atoms with E-state index in [4.69, 9.17) is 6.42 Å². The van der Waals surface area contributed by atoms with Crippen LogP contribution < -0.4 is 15.0 Å². The number of pyridine rings is 2. The number of ether oxygens (including phenoxy) is 1. The van der Waals surface area contributed by atoms with Crippen molar-refractivity contribution in [1.82, 2.24) is 9.97 Å². The van der Waals surface area contributed by atoms with Gasteiger partial charge in [-0.25, -0.2) is 4.98 Å². The highest BCUT2D eigenvalue weighted by atomic mass is 19.4. The van der Waals surface area contributed by atoms with E-state index in [0.717, 1.165) is 12.1 Å². The molecule has 0 atom stereocenters. The standard InChI is InChI=1S/C23H19F3N4O3.C2H6.2CH4.H2/c1-3-15-10-16(13-27-12-15)20-11-17(14-28-21(20)30(2)8-9-31)22(32)29-18-4-6-19(7-5-18)33-23(24,25)26;1-2;;;/h1,4-7,10-14,31H,8-9H2,2H3,(H,29,32);1-2H3;2*1H4;1H. The van der Waals surface area contributed by atoms with Gasteiger partial charge in [0.2, 0.25) is 0 Å². The molecule has 0 aliphatic heterocycles. The number of hydrogen-bond acceptors (Lipinski definition) is 6. The second-order valence-electron chi connectivity index (χ2n) is 6.87. The Balaban J connectivity index is 0. The quantitative estimate of drug-likeness (QED) is 0.358. The number of nitrogens with zero attached hydrogens (tertiary/aromatic N) is 3. The van der Waals surface area contributed by atoms with Gasteiger partial charge in [-0.05, 0) is 36.4 Å². The number of rotatable bonds is 7. The molecule has 2 N–H and O–H groups in total. The van der Waals surface area contributed by atoms with Crippen LogP contribution in [-0.2, 0) is 0 Å². The van der Waals surface area contributed by atoms with Crippen LogP contribution in [0.3, 0.4) is 0 Å². The first kappa shape index (κ1) is 32.9. The number of aliphatic hydroxyl groups excluding tert-OH is 1. The first-order chi connectivity index (χ1) is 16.7. The fourth-order valence-electron chi connectivity index (χ4n) is 2.96. The molecule has 3 aromatic rings. The highest BCUT2D eigenvalue weighted by molar-refractivity contribution is 6.05. The summed E-state index contributed by atoms with van der Waals surface area (Å²) in [6.07, 6.45) is 5.13. The van der Waals surface area contributed by atoms with Gasteiger partial charge in [-0.15, -0.1) is 19.6 Å². The second-order valence-corrected chi connectivity index (χ2v) is 6.87. The molecule has 0 unspecified atom stereocenters. The molecule has 0 aliphatic rings. The van der Waals surface area contributed by atoms with Gasteiger partial charge in [0.25, 0.3) is 5.91 Å². The minimum absolute atomic E-state index is 0. The van der Waals surface area contributed by atoms with Crippen LogP contribution in [0.2, 0.25) is 0 Å². The fourth-order valence-corrected chi connectivity index (χ4v) is 2.96. The number of benzene rings is 1. The molecule has 0 saturated carbocycles. The number of anilines is 2. The molecule has 0 spiro atoms. The number of aromatic nitrogens is 2. The van der Waals surface area contributed by atoms with Crippen molar-refractivity contribution in [2.45, 2.75) is 35.1 Å². The first-order valence-corrected chi connectivity index (χ1v) is 10.6. The van der Waals surface area contributed by atoms with Crippen molar-refractivity contribution in [3.05, 3.63) is 66.1 Å². The van der Waals surface area contributed by atoms with Crippen molar-refractivity contribution in [2.75, 3.05) is 30.4 Å². The number of carbonyl (C=O) groups excluding carboxylic acids is 1. The number of alkyl halides is 3. The zero-order valence-electron chi connectivity index (χ0n) is 19.4. The predicted octanol–water partition coefficient (Wildman–Crippen LogP) is 6.25. The van der Waals surface area contributed by atoms with Crippen LogP contribution in [0.1, 0.15) is 46.0 Å². The van der Waals surface area contributed by atoms with E-state index in [0.29, 0.717) is 29.1 Å². The third-order valence-corrected chi connectivity index (χ3v) is 4.49. The van der Waals surface area contributed by atoms with Crippen LogP contribution >= 0.6 is 0 Å². The van der Waals surface area contributed by atoms with Gasteiger partial charge in [0.05, 0.1) is 12.2 Å². The molecule has 10 heteroatoms. The number of likely N-dealkylation sites (N-methyl/N-ethyl adjacent to an activating group) is 1. The molecule has 3 rings (SSSR count). The molecule has 7 nitrogen and oxygen atoms in total. The van der Waals surface area contributed by atoms with Crippen LogP contribution in [0.5, 0.6) is 5.75 Å². The SMILES string of the molecule is C.C.C#Cc1cncc(-c2cc(C(=O)Nc3ccc(OC(F)(F)F)cc3)cnc2N(C)CCO)c1.CC.[HH]. The lowest BCUT2D eigenvalue weighted by molar-refractivity contribution is -0.274. The van der Waals surface area contributed by atoms with E-state index in [1.807, 2.05) is 13.8 Å². The van der Waals surface area contributed by atoms with Gasteiger partial charge in [0.1, 0.15) is 11.6 Å². The van der Waals surface area contributed by atoms with E-state index in [-0.39, 0.29) is 34.1 Å². The molecule has 0 radical (unpaired) electrons. The summed E-state index contributed by atoms with van der Waals surface area (Å²) in [7, 11) is 1.74. The van der Waals surface area contributed by atoms with Crippen molar-refractivity contribution in [1.29, 1.82) is 0 Å². The molecule has 2 heterocycles. The maximum Gasteiger partial charge on any atom is 0.573 e. The summed E-state index contributed by atoms with van der Waals surface area (Å²) in [4.78, 5) is 23.0. The lowest BCUT2D eigenvalue weighted by atomic mass is 10.0. The topological polar surface area (TPSA) is 87.6 Å². The monoisotopic (exact) mass is 520 g/mol. The van der Waals surface area contributed by atoms with Crippen molar-refractivity contribution >= 4 is 17.4 Å². The zero-order valence-corrected chi connectivity index (χ0v) is 19.4. The Labute approximate surface area is 217 Å². The van der Waals surface area contributed by atoms with E-state index < -0.39 is 18.0 Å². The van der Waals surface area contributed by atoms with Crippen LogP contribution in [0.15, 0.2) is 55.0 Å². The molecule has 0 bridgehead atoms. The fraction of sp³-hybridized carbons (Fsp3) is 0.296. The third-order valence-electron chi connectivity index (χ3n) is 4.49. The van der Waals surface area contributed by atoms with Gasteiger partial charge in [-0.3, -0.25) is 9.78 Å². The molecule has 0 saturated heterocycles. The molecular weight excluding hydrogens is 485 g/mol. The number of halogens is 3. The highest BCUT2D eigenvalue weighted by Crippen LogP contribution is 2.30. The Morgan fingerprint density at radius 2 is 1.81 bits per heavy atom. The lowest BCUT2D eigenvalue weighted by Gasteiger charge is -2.21. The van der Waals surface area contributed by atoms with Gasteiger partial charge in [-0.1, -0.05) is 34.6 Å². The Morgan fingerprint density at radius 1 is 1.16 bits per heavy atom. The van der Waals surface area contributed by atoms with Gasteiger partial charge >= 0.3 is 6.36 Å². The lowest BCUT2D eigenvalue weighted by Crippen LogP contribution is -2.23. The van der Waals surface area contributed by atoms with Crippen LogP contribution in [0, 0.1) is 12.3 Å². The van der Waals surface area contributed by atoms with Gasteiger partial charge in [0.15, 0.2) is 0 Å². The summed E-state index contributed by atoms with van der Waals surface area (Å²) in [6, 6.07) is 8.09. The van der Waals surface area contributed by atoms with Gasteiger partial charge in [-0.2, -0.15) is 0 Å². The Kier molecular flexibility index (Phi) is 13.4. The molecule has 0 fully saturated rings. The minimum Gasteiger partial charge on any atom is -0.406 e. The Bertz CT molecular complexity index is 1180. The van der Waals surface area contributed by atoms with Gasteiger partial charge in [0, 0.05) is 56.0 Å². The van der Waals surface area contributed by atoms with E-state index in [1.165, 1.54) is 24.5 Å². The maximum atomic E-state index is 12.8. The molecule has 1 amide bonds. The number of nitrogens with one attached hydrogen (secondary N) is 1. The van der Waals surface area contributed by atoms with E-state index >= 15 is 0 Å². The average Bonchev–Trinajstić information content (AvgIpc) is 2.85. The molecule has 1 aromatic carbocycles. The van der Waals surface area contributed by atoms with Crippen LogP contribution in [-0.4, -0.2) is 47.5 Å². The van der Waals surface area contributed by atoms with E-state index in [1.54, 1.807) is 30.3 Å². The van der Waals surface area contributed by atoms with Gasteiger partial charge < -0.3 is 20.1 Å². The Hall–Kier alpha value is -4.10. The Morgan fingerprint density at radius 3 is 2.38 bits per heavy atom. The number of hydrogen-bond donors (Lipinski definition) is 2. The first-order valence-electron chi connectivity index (χ1n) is 10.6. The minimum atomic E-state index is -4.80. The summed E-state index contributed by atoms with van der Waals surface area (Å²) >= 11 is 0. The zero-order chi connectivity index (χ0) is 26.0. The summed E-state index contributed by atoms with van der Waals surface area (Å²) in [5, 5.41) is 11.9. The summed E-state index contributed by atoms with van der Waals surface area (Å²) in [5.41, 5.74) is 2.21. The van der Waals surface area contributed by atoms with Crippen LogP contribution in [0.4, 0.5) is 24.7 Å². The summed E-state index contributed by atoms with van der Waals surface area (Å²) in [6.45, 7) is 4.21. The number of aliphatic hydroxyl groups is 1. The maximum absolute atomic E-state index is 12.8. The normalized spacial score (nSPS) is 9.89. The number of terminal acetylenes is 1. The predicted molar refractivity (Wildman–Crippen MR) is 144 cm³/mol. The number of amides is 1. The molecule has 0 aliphatic carbocycles.